The molecular formula is C37H66O2S2. The van der Waals surface area contributed by atoms with Crippen molar-refractivity contribution in [3.63, 3.8) is 0 Å². The van der Waals surface area contributed by atoms with Gasteiger partial charge in [-0.2, -0.15) is 0 Å². The van der Waals surface area contributed by atoms with Gasteiger partial charge in [0.2, 0.25) is 0 Å². The fraction of sp³-hybridized carbons (Fsp3) is 0.676. The lowest BCUT2D eigenvalue weighted by Crippen LogP contribution is -2.17. The molecule has 2 aromatic rings. The first-order valence-corrected chi connectivity index (χ1v) is 17.5. The monoisotopic (exact) mass is 606 g/mol. The van der Waals surface area contributed by atoms with E-state index in [0.29, 0.717) is 16.2 Å². The van der Waals surface area contributed by atoms with E-state index in [-0.39, 0.29) is 16.2 Å². The van der Waals surface area contributed by atoms with Gasteiger partial charge in [0.25, 0.3) is 0 Å². The Hall–Kier alpha value is -1.26. The van der Waals surface area contributed by atoms with Gasteiger partial charge < -0.3 is 9.84 Å². The Morgan fingerprint density at radius 2 is 0.976 bits per heavy atom. The minimum absolute atomic E-state index is 0.00209. The Morgan fingerprint density at radius 3 is 1.27 bits per heavy atom. The van der Waals surface area contributed by atoms with E-state index in [1.165, 1.54) is 27.3 Å². The lowest BCUT2D eigenvalue weighted by Gasteiger charge is -2.28. The van der Waals surface area contributed by atoms with Gasteiger partial charge >= 0.3 is 0 Å². The molecule has 0 aliphatic rings. The van der Waals surface area contributed by atoms with Gasteiger partial charge in [0.05, 0.1) is 11.7 Å². The third-order valence-corrected chi connectivity index (χ3v) is 8.29. The molecule has 0 saturated carbocycles. The maximum absolute atomic E-state index is 11.1. The van der Waals surface area contributed by atoms with Crippen LogP contribution in [0.4, 0.5) is 0 Å². The summed E-state index contributed by atoms with van der Waals surface area (Å²) in [4.78, 5) is 2.49. The molecule has 1 unspecified atom stereocenters. The minimum Gasteiger partial charge on any atom is -0.507 e. The molecule has 0 fully saturated rings. The number of methoxy groups -OCH3 is 1. The van der Waals surface area contributed by atoms with Crippen molar-refractivity contribution >= 4 is 23.5 Å². The lowest BCUT2D eigenvalue weighted by atomic mass is 9.79. The SMILES string of the molecule is CC.CC.CCC.COc1c(C(C)C)cc(SC(C)Sc2cc(C(C)(C)C)c(O)c(C(C)(C)C)c2)cc1C(C)(C)C. The van der Waals surface area contributed by atoms with Crippen LogP contribution in [0.15, 0.2) is 34.1 Å². The summed E-state index contributed by atoms with van der Waals surface area (Å²) >= 11 is 3.76. The van der Waals surface area contributed by atoms with Gasteiger partial charge in [-0.1, -0.05) is 124 Å². The molecule has 0 aliphatic heterocycles. The number of thioether (sulfide) groups is 2. The second-order valence-electron chi connectivity index (χ2n) is 13.4. The van der Waals surface area contributed by atoms with E-state index in [2.05, 4.69) is 121 Å². The normalized spacial score (nSPS) is 12.3. The maximum Gasteiger partial charge on any atom is 0.126 e. The van der Waals surface area contributed by atoms with Gasteiger partial charge in [-0.3, -0.25) is 0 Å². The molecule has 0 heterocycles. The van der Waals surface area contributed by atoms with E-state index in [9.17, 15) is 5.11 Å². The first-order chi connectivity index (χ1) is 18.8. The zero-order valence-electron chi connectivity index (χ0n) is 30.3. The Bertz CT molecular complexity index is 984. The number of benzene rings is 2. The van der Waals surface area contributed by atoms with Gasteiger partial charge in [0, 0.05) is 26.5 Å². The van der Waals surface area contributed by atoms with E-state index >= 15 is 0 Å². The fourth-order valence-electron chi connectivity index (χ4n) is 4.13. The number of hydrogen-bond acceptors (Lipinski definition) is 4. The molecule has 1 atom stereocenters. The molecule has 2 aromatic carbocycles. The summed E-state index contributed by atoms with van der Waals surface area (Å²) in [6, 6.07) is 8.98. The highest BCUT2D eigenvalue weighted by Crippen LogP contribution is 2.46. The van der Waals surface area contributed by atoms with Crippen molar-refractivity contribution in [2.75, 3.05) is 7.11 Å². The van der Waals surface area contributed by atoms with Crippen molar-refractivity contribution < 1.29 is 9.84 Å². The standard InChI is InChI=1S/C30H46O2S2.C3H8.2C2H6/c1-18(2)22-14-20(17-25(27(22)32-13)30(10,11)12)33-19(3)34-21-15-23(28(4,5)6)26(31)24(16-21)29(7,8)9;1-3-2;2*1-2/h14-19,31H,1-13H3;3H2,1-2H3;2*1-2H3. The van der Waals surface area contributed by atoms with Crippen LogP contribution in [0.2, 0.25) is 0 Å². The molecule has 41 heavy (non-hydrogen) atoms. The number of phenolic OH excluding ortho intramolecular Hbond substituents is 1. The van der Waals surface area contributed by atoms with Gasteiger partial charge in [0.1, 0.15) is 11.5 Å². The van der Waals surface area contributed by atoms with Crippen LogP contribution >= 0.6 is 23.5 Å². The molecule has 0 spiro atoms. The lowest BCUT2D eigenvalue weighted by molar-refractivity contribution is 0.390. The van der Waals surface area contributed by atoms with Crippen molar-refractivity contribution in [3.05, 3.63) is 46.5 Å². The Kier molecular flexibility index (Phi) is 18.8. The third-order valence-electron chi connectivity index (χ3n) is 6.03. The first-order valence-electron chi connectivity index (χ1n) is 15.7. The summed E-state index contributed by atoms with van der Waals surface area (Å²) in [5.41, 5.74) is 4.31. The van der Waals surface area contributed by atoms with Crippen LogP contribution in [0.5, 0.6) is 11.5 Å². The first kappa shape index (κ1) is 41.9. The molecule has 0 amide bonds. The highest BCUT2D eigenvalue weighted by atomic mass is 32.2. The van der Waals surface area contributed by atoms with E-state index in [0.717, 1.165) is 16.9 Å². The van der Waals surface area contributed by atoms with Gasteiger partial charge in [-0.25, -0.2) is 0 Å². The van der Waals surface area contributed by atoms with Gasteiger partial charge in [-0.05, 0) is 58.9 Å². The molecule has 238 valence electrons. The van der Waals surface area contributed by atoms with E-state index < -0.39 is 0 Å². The minimum atomic E-state index is -0.124. The Balaban J connectivity index is 0. The van der Waals surface area contributed by atoms with Crippen molar-refractivity contribution in [1.29, 1.82) is 0 Å². The zero-order valence-corrected chi connectivity index (χ0v) is 32.0. The summed E-state index contributed by atoms with van der Waals surface area (Å²) in [5.74, 6) is 1.85. The van der Waals surface area contributed by atoms with Crippen LogP contribution in [-0.4, -0.2) is 16.8 Å². The molecule has 2 rings (SSSR count). The molecule has 2 nitrogen and oxygen atoms in total. The number of hydrogen-bond donors (Lipinski definition) is 1. The molecule has 0 aromatic heterocycles. The second kappa shape index (κ2) is 18.4. The van der Waals surface area contributed by atoms with Crippen LogP contribution < -0.4 is 4.74 Å². The van der Waals surface area contributed by atoms with Crippen molar-refractivity contribution in [2.24, 2.45) is 0 Å². The smallest absolute Gasteiger partial charge is 0.126 e. The predicted octanol–water partition coefficient (Wildman–Crippen LogP) is 13.1. The van der Waals surface area contributed by atoms with Crippen LogP contribution in [0, 0.1) is 0 Å². The summed E-state index contributed by atoms with van der Waals surface area (Å²) in [6.07, 6.45) is 1.25. The van der Waals surface area contributed by atoms with Crippen molar-refractivity contribution in [2.45, 2.75) is 168 Å². The van der Waals surface area contributed by atoms with E-state index in [1.807, 2.05) is 51.2 Å². The summed E-state index contributed by atoms with van der Waals surface area (Å²) < 4.78 is 6.19. The Labute approximate surface area is 265 Å². The molecule has 4 heteroatoms. The molecule has 1 N–H and O–H groups in total. The van der Waals surface area contributed by atoms with E-state index in [1.54, 1.807) is 7.11 Å². The zero-order chi connectivity index (χ0) is 32.9. The predicted molar refractivity (Wildman–Crippen MR) is 191 cm³/mol. The molecule has 0 saturated heterocycles. The average molecular weight is 607 g/mol. The summed E-state index contributed by atoms with van der Waals surface area (Å²) in [7, 11) is 1.78. The average Bonchev–Trinajstić information content (AvgIpc) is 2.85. The quantitative estimate of drug-likeness (QED) is 0.262. The molecule has 0 bridgehead atoms. The number of ether oxygens (including phenoxy) is 1. The topological polar surface area (TPSA) is 29.5 Å². The number of phenols is 1. The van der Waals surface area contributed by atoms with E-state index in [4.69, 9.17) is 4.74 Å². The maximum atomic E-state index is 11.1. The largest absolute Gasteiger partial charge is 0.507 e. The molecule has 0 aliphatic carbocycles. The van der Waals surface area contributed by atoms with Crippen LogP contribution in [0.3, 0.4) is 0 Å². The van der Waals surface area contributed by atoms with Crippen LogP contribution in [0.1, 0.15) is 159 Å². The van der Waals surface area contributed by atoms with Gasteiger partial charge in [0.15, 0.2) is 0 Å². The fourth-order valence-corrected chi connectivity index (χ4v) is 6.51. The third kappa shape index (κ3) is 13.3. The van der Waals surface area contributed by atoms with Gasteiger partial charge in [-0.15, -0.1) is 23.5 Å². The molecular weight excluding hydrogens is 541 g/mol. The van der Waals surface area contributed by atoms with Crippen LogP contribution in [-0.2, 0) is 16.2 Å². The Morgan fingerprint density at radius 1 is 0.659 bits per heavy atom. The summed E-state index contributed by atoms with van der Waals surface area (Å²) in [5, 5.41) is 11.1. The number of aromatic hydroxyl groups is 1. The highest BCUT2D eigenvalue weighted by molar-refractivity contribution is 8.17. The molecule has 0 radical (unpaired) electrons. The van der Waals surface area contributed by atoms with Crippen molar-refractivity contribution in [1.82, 2.24) is 0 Å². The van der Waals surface area contributed by atoms with Crippen LogP contribution in [0.25, 0.3) is 0 Å². The summed E-state index contributed by atoms with van der Waals surface area (Å²) in [6.45, 7) is 38.7. The number of rotatable bonds is 6. The highest BCUT2D eigenvalue weighted by Gasteiger charge is 2.28. The van der Waals surface area contributed by atoms with Crippen molar-refractivity contribution in [3.8, 4) is 11.5 Å². The second-order valence-corrected chi connectivity index (χ2v) is 16.5.